The van der Waals surface area contributed by atoms with Crippen molar-refractivity contribution in [1.82, 2.24) is 9.96 Å². The highest BCUT2D eigenvalue weighted by molar-refractivity contribution is 5.80. The smallest absolute Gasteiger partial charge is 0.306 e. The average Bonchev–Trinajstić information content (AvgIpc) is 2.58. The first-order valence-electron chi connectivity index (χ1n) is 9.51. The van der Waals surface area contributed by atoms with Crippen LogP contribution in [0, 0.1) is 0 Å². The number of benzene rings is 1. The second kappa shape index (κ2) is 11.7. The molecule has 0 N–H and O–H groups in total. The highest BCUT2D eigenvalue weighted by Gasteiger charge is 2.20. The second-order valence-corrected chi connectivity index (χ2v) is 7.85. The minimum absolute atomic E-state index is 0.0546. The standard InChI is InChI=1S/C21H34N2O4/c1-21(2,3)27-20(25)14-13-19(24)23(16-10-9-15-22(4)5)26-17-18-11-7-6-8-12-18/h6-8,11-12H,9-10,13-17H2,1-5H3. The molecule has 0 bridgehead atoms. The number of nitrogens with zero attached hydrogens (tertiary/aromatic N) is 2. The SMILES string of the molecule is CN(C)CCCCN(OCc1ccccc1)C(=O)CCC(=O)OC(C)(C)C. The molecule has 0 aromatic heterocycles. The molecule has 0 atom stereocenters. The zero-order valence-electron chi connectivity index (χ0n) is 17.4. The van der Waals surface area contributed by atoms with Crippen LogP contribution in [-0.4, -0.2) is 54.6 Å². The van der Waals surface area contributed by atoms with Crippen LogP contribution in [0.1, 0.15) is 52.0 Å². The molecular weight excluding hydrogens is 344 g/mol. The van der Waals surface area contributed by atoms with Crippen molar-refractivity contribution in [3.8, 4) is 0 Å². The number of hydrogen-bond donors (Lipinski definition) is 0. The summed E-state index contributed by atoms with van der Waals surface area (Å²) in [5.74, 6) is -0.562. The number of esters is 1. The molecule has 6 nitrogen and oxygen atoms in total. The van der Waals surface area contributed by atoms with E-state index >= 15 is 0 Å². The highest BCUT2D eigenvalue weighted by Crippen LogP contribution is 2.11. The van der Waals surface area contributed by atoms with Gasteiger partial charge in [-0.2, -0.15) is 0 Å². The quantitative estimate of drug-likeness (QED) is 0.335. The summed E-state index contributed by atoms with van der Waals surface area (Å²) in [6.45, 7) is 7.23. The van der Waals surface area contributed by atoms with Gasteiger partial charge in [0.25, 0.3) is 0 Å². The third kappa shape index (κ3) is 11.4. The minimum atomic E-state index is -0.546. The van der Waals surface area contributed by atoms with Crippen molar-refractivity contribution >= 4 is 11.9 Å². The Morgan fingerprint density at radius 3 is 2.19 bits per heavy atom. The molecule has 0 aliphatic heterocycles. The molecule has 0 radical (unpaired) electrons. The summed E-state index contributed by atoms with van der Waals surface area (Å²) in [7, 11) is 4.05. The van der Waals surface area contributed by atoms with Crippen molar-refractivity contribution in [1.29, 1.82) is 0 Å². The van der Waals surface area contributed by atoms with Gasteiger partial charge in [0.05, 0.1) is 6.42 Å². The molecule has 0 aliphatic carbocycles. The van der Waals surface area contributed by atoms with Gasteiger partial charge in [0, 0.05) is 13.0 Å². The summed E-state index contributed by atoms with van der Waals surface area (Å²) in [5, 5.41) is 1.40. The Morgan fingerprint density at radius 2 is 1.59 bits per heavy atom. The van der Waals surface area contributed by atoms with Gasteiger partial charge >= 0.3 is 5.97 Å². The number of hydrogen-bond acceptors (Lipinski definition) is 5. The first-order chi connectivity index (χ1) is 12.7. The Morgan fingerprint density at radius 1 is 0.963 bits per heavy atom. The first kappa shape index (κ1) is 23.1. The van der Waals surface area contributed by atoms with E-state index in [0.717, 1.165) is 24.9 Å². The van der Waals surface area contributed by atoms with Crippen LogP contribution in [0.15, 0.2) is 30.3 Å². The van der Waals surface area contributed by atoms with Gasteiger partial charge < -0.3 is 9.64 Å². The largest absolute Gasteiger partial charge is 0.460 e. The molecule has 1 aromatic rings. The molecule has 152 valence electrons. The Bertz CT molecular complexity index is 567. The summed E-state index contributed by atoms with van der Waals surface area (Å²) < 4.78 is 5.27. The van der Waals surface area contributed by atoms with Crippen LogP contribution >= 0.6 is 0 Å². The molecule has 1 amide bonds. The van der Waals surface area contributed by atoms with E-state index in [-0.39, 0.29) is 24.7 Å². The van der Waals surface area contributed by atoms with Crippen molar-refractivity contribution in [3.63, 3.8) is 0 Å². The van der Waals surface area contributed by atoms with Crippen molar-refractivity contribution < 1.29 is 19.2 Å². The fraction of sp³-hybridized carbons (Fsp3) is 0.619. The van der Waals surface area contributed by atoms with Crippen LogP contribution in [0.2, 0.25) is 0 Å². The highest BCUT2D eigenvalue weighted by atomic mass is 16.7. The van der Waals surface area contributed by atoms with Crippen molar-refractivity contribution in [2.45, 2.75) is 58.7 Å². The molecule has 0 fully saturated rings. The maximum Gasteiger partial charge on any atom is 0.306 e. The van der Waals surface area contributed by atoms with Gasteiger partial charge in [-0.05, 0) is 59.8 Å². The number of hydroxylamine groups is 2. The molecule has 0 unspecified atom stereocenters. The molecule has 0 saturated carbocycles. The van der Waals surface area contributed by atoms with Gasteiger partial charge in [-0.3, -0.25) is 14.4 Å². The summed E-state index contributed by atoms with van der Waals surface area (Å²) in [5.41, 5.74) is 0.450. The lowest BCUT2D eigenvalue weighted by atomic mass is 10.2. The fourth-order valence-corrected chi connectivity index (χ4v) is 2.40. The number of amides is 1. The van der Waals surface area contributed by atoms with Gasteiger partial charge in [0.15, 0.2) is 0 Å². The molecule has 27 heavy (non-hydrogen) atoms. The van der Waals surface area contributed by atoms with E-state index in [4.69, 9.17) is 9.57 Å². The summed E-state index contributed by atoms with van der Waals surface area (Å²) >= 11 is 0. The van der Waals surface area contributed by atoms with Crippen molar-refractivity contribution in [2.75, 3.05) is 27.2 Å². The third-order valence-corrected chi connectivity index (χ3v) is 3.69. The van der Waals surface area contributed by atoms with E-state index in [2.05, 4.69) is 4.90 Å². The first-order valence-corrected chi connectivity index (χ1v) is 9.51. The Balaban J connectivity index is 2.54. The van der Waals surface area contributed by atoms with Gasteiger partial charge in [-0.1, -0.05) is 30.3 Å². The predicted octanol–water partition coefficient (Wildman–Crippen LogP) is 3.41. The van der Waals surface area contributed by atoms with Crippen LogP contribution in [0.5, 0.6) is 0 Å². The molecular formula is C21H34N2O4. The predicted molar refractivity (Wildman–Crippen MR) is 106 cm³/mol. The lowest BCUT2D eigenvalue weighted by molar-refractivity contribution is -0.193. The van der Waals surface area contributed by atoms with E-state index in [9.17, 15) is 9.59 Å². The Kier molecular flexibility index (Phi) is 10.0. The van der Waals surface area contributed by atoms with Crippen LogP contribution in [0.4, 0.5) is 0 Å². The summed E-state index contributed by atoms with van der Waals surface area (Å²) in [6.07, 6.45) is 1.94. The number of unbranched alkanes of at least 4 members (excludes halogenated alkanes) is 1. The molecule has 0 spiro atoms. The van der Waals surface area contributed by atoms with E-state index in [1.807, 2.05) is 65.2 Å². The lowest BCUT2D eigenvalue weighted by Crippen LogP contribution is -2.33. The van der Waals surface area contributed by atoms with E-state index in [1.165, 1.54) is 5.06 Å². The van der Waals surface area contributed by atoms with Gasteiger partial charge in [-0.15, -0.1) is 0 Å². The zero-order chi connectivity index (χ0) is 20.3. The summed E-state index contributed by atoms with van der Waals surface area (Å²) in [6, 6.07) is 9.72. The van der Waals surface area contributed by atoms with Crippen molar-refractivity contribution in [3.05, 3.63) is 35.9 Å². The molecule has 1 rings (SSSR count). The maximum atomic E-state index is 12.5. The normalized spacial score (nSPS) is 11.5. The zero-order valence-corrected chi connectivity index (χ0v) is 17.4. The number of rotatable bonds is 11. The fourth-order valence-electron chi connectivity index (χ4n) is 2.40. The van der Waals surface area contributed by atoms with Gasteiger partial charge in [0.1, 0.15) is 12.2 Å². The minimum Gasteiger partial charge on any atom is -0.460 e. The van der Waals surface area contributed by atoms with E-state index < -0.39 is 5.60 Å². The van der Waals surface area contributed by atoms with Gasteiger partial charge in [-0.25, -0.2) is 5.06 Å². The average molecular weight is 379 g/mol. The number of carbonyl (C=O) groups excluding carboxylic acids is 2. The Labute approximate surface area is 163 Å². The topological polar surface area (TPSA) is 59.1 Å². The monoisotopic (exact) mass is 378 g/mol. The molecule has 6 heteroatoms. The molecule has 0 heterocycles. The molecule has 0 saturated heterocycles. The van der Waals surface area contributed by atoms with E-state index in [1.54, 1.807) is 0 Å². The van der Waals surface area contributed by atoms with Crippen LogP contribution in [0.25, 0.3) is 0 Å². The van der Waals surface area contributed by atoms with Gasteiger partial charge in [0.2, 0.25) is 5.91 Å². The van der Waals surface area contributed by atoms with Crippen LogP contribution in [0.3, 0.4) is 0 Å². The summed E-state index contributed by atoms with van der Waals surface area (Å²) in [4.78, 5) is 32.3. The van der Waals surface area contributed by atoms with Crippen LogP contribution in [-0.2, 0) is 25.8 Å². The van der Waals surface area contributed by atoms with Crippen molar-refractivity contribution in [2.24, 2.45) is 0 Å². The van der Waals surface area contributed by atoms with Crippen LogP contribution < -0.4 is 0 Å². The number of carbonyl (C=O) groups is 2. The maximum absolute atomic E-state index is 12.5. The molecule has 0 aliphatic rings. The second-order valence-electron chi connectivity index (χ2n) is 7.85. The lowest BCUT2D eigenvalue weighted by Gasteiger charge is -2.23. The Hall–Kier alpha value is -1.92. The third-order valence-electron chi connectivity index (χ3n) is 3.69. The van der Waals surface area contributed by atoms with E-state index in [0.29, 0.717) is 13.2 Å². The number of ether oxygens (including phenoxy) is 1. The molecule has 1 aromatic carbocycles.